The molecular formula is C21H34N6O5S2. The van der Waals surface area contributed by atoms with Crippen LogP contribution in [0.15, 0.2) is 12.5 Å². The largest absolute Gasteiger partial charge is 0.480 e. The van der Waals surface area contributed by atoms with Crippen LogP contribution in [-0.2, 0) is 25.6 Å². The van der Waals surface area contributed by atoms with Crippen LogP contribution in [0.5, 0.6) is 0 Å². The lowest BCUT2D eigenvalue weighted by Gasteiger charge is -2.30. The second-order valence-corrected chi connectivity index (χ2v) is 10.1. The highest BCUT2D eigenvalue weighted by atomic mass is 32.2. The number of aliphatic carboxylic acids is 1. The zero-order valence-electron chi connectivity index (χ0n) is 19.5. The zero-order valence-corrected chi connectivity index (χ0v) is 21.1. The second-order valence-electron chi connectivity index (χ2n) is 8.10. The first kappa shape index (κ1) is 28.0. The maximum atomic E-state index is 13.5. The van der Waals surface area contributed by atoms with Gasteiger partial charge in [-0.1, -0.05) is 0 Å². The van der Waals surface area contributed by atoms with Gasteiger partial charge >= 0.3 is 5.97 Å². The normalized spacial score (nSPS) is 18.2. The number of rotatable bonds is 14. The minimum atomic E-state index is -1.11. The van der Waals surface area contributed by atoms with Gasteiger partial charge in [-0.05, 0) is 49.7 Å². The molecule has 2 rings (SSSR count). The molecule has 0 aliphatic carbocycles. The number of hydrogen-bond acceptors (Lipinski definition) is 8. The number of nitrogens with two attached hydrogens (primary N) is 1. The number of carboxylic acids is 1. The van der Waals surface area contributed by atoms with Crippen molar-refractivity contribution < 1.29 is 24.3 Å². The quantitative estimate of drug-likeness (QED) is 0.226. The number of carbonyl (C=O) groups is 4. The molecule has 0 bridgehead atoms. The van der Waals surface area contributed by atoms with Crippen molar-refractivity contribution in [2.75, 3.05) is 30.6 Å². The Morgan fingerprint density at radius 1 is 1.21 bits per heavy atom. The SMILES string of the molecule is CSCCC(N)C(=O)NC(Cc1cnc[nH]1)C(=O)N1CCCC1C(=O)NC(CCSC)C(=O)O. The van der Waals surface area contributed by atoms with E-state index < -0.39 is 47.9 Å². The Morgan fingerprint density at radius 2 is 1.91 bits per heavy atom. The van der Waals surface area contributed by atoms with E-state index in [1.165, 1.54) is 23.0 Å². The van der Waals surface area contributed by atoms with Gasteiger partial charge in [0.2, 0.25) is 17.7 Å². The fourth-order valence-electron chi connectivity index (χ4n) is 3.74. The van der Waals surface area contributed by atoms with Crippen LogP contribution in [0.4, 0.5) is 0 Å². The fraction of sp³-hybridized carbons (Fsp3) is 0.667. The summed E-state index contributed by atoms with van der Waals surface area (Å²) in [6.07, 6.45) is 8.77. The molecule has 6 N–H and O–H groups in total. The van der Waals surface area contributed by atoms with Gasteiger partial charge in [-0.15, -0.1) is 0 Å². The van der Waals surface area contributed by atoms with Crippen molar-refractivity contribution in [3.63, 3.8) is 0 Å². The van der Waals surface area contributed by atoms with Crippen molar-refractivity contribution in [3.05, 3.63) is 18.2 Å². The van der Waals surface area contributed by atoms with E-state index in [2.05, 4.69) is 20.6 Å². The molecule has 1 fully saturated rings. The van der Waals surface area contributed by atoms with E-state index in [-0.39, 0.29) is 12.8 Å². The van der Waals surface area contributed by atoms with Crippen LogP contribution >= 0.6 is 23.5 Å². The predicted octanol–water partition coefficient (Wildman–Crippen LogP) is -0.169. The summed E-state index contributed by atoms with van der Waals surface area (Å²) < 4.78 is 0. The maximum absolute atomic E-state index is 13.5. The van der Waals surface area contributed by atoms with Gasteiger partial charge in [0.1, 0.15) is 18.1 Å². The van der Waals surface area contributed by atoms with Crippen molar-refractivity contribution in [2.24, 2.45) is 5.73 Å². The first-order chi connectivity index (χ1) is 16.3. The molecule has 0 radical (unpaired) electrons. The Balaban J connectivity index is 2.13. The number of aromatic amines is 1. The van der Waals surface area contributed by atoms with Crippen LogP contribution in [-0.4, -0.2) is 98.4 Å². The molecule has 1 saturated heterocycles. The number of imidazole rings is 1. The minimum absolute atomic E-state index is 0.163. The van der Waals surface area contributed by atoms with Gasteiger partial charge in [0, 0.05) is 24.9 Å². The monoisotopic (exact) mass is 514 g/mol. The van der Waals surface area contributed by atoms with Gasteiger partial charge < -0.3 is 31.4 Å². The standard InChI is InChI=1S/C21H34N6O5S2/c1-33-8-5-14(22)18(28)26-16(10-13-11-23-12-24-13)20(30)27-7-3-4-17(27)19(29)25-15(21(31)32)6-9-34-2/h11-12,14-17H,3-10,22H2,1-2H3,(H,23,24)(H,25,29)(H,26,28)(H,31,32). The van der Waals surface area contributed by atoms with Crippen LogP contribution < -0.4 is 16.4 Å². The Kier molecular flexibility index (Phi) is 11.7. The smallest absolute Gasteiger partial charge is 0.326 e. The summed E-state index contributed by atoms with van der Waals surface area (Å²) in [4.78, 5) is 58.9. The molecule has 1 aliphatic heterocycles. The number of likely N-dealkylation sites (tertiary alicyclic amines) is 1. The van der Waals surface area contributed by atoms with E-state index in [1.54, 1.807) is 18.0 Å². The Hall–Kier alpha value is -2.25. The Morgan fingerprint density at radius 3 is 2.53 bits per heavy atom. The number of nitrogens with zero attached hydrogens (tertiary/aromatic N) is 2. The van der Waals surface area contributed by atoms with Crippen LogP contribution in [0.25, 0.3) is 0 Å². The highest BCUT2D eigenvalue weighted by Gasteiger charge is 2.39. The molecule has 0 aromatic carbocycles. The Labute approximate surface area is 207 Å². The van der Waals surface area contributed by atoms with E-state index in [4.69, 9.17) is 5.73 Å². The number of amides is 3. The summed E-state index contributed by atoms with van der Waals surface area (Å²) in [5.74, 6) is -1.16. The van der Waals surface area contributed by atoms with Gasteiger partial charge in [-0.3, -0.25) is 14.4 Å². The van der Waals surface area contributed by atoms with Crippen molar-refractivity contribution in [3.8, 4) is 0 Å². The van der Waals surface area contributed by atoms with Crippen LogP contribution in [0.3, 0.4) is 0 Å². The highest BCUT2D eigenvalue weighted by molar-refractivity contribution is 7.98. The molecule has 2 heterocycles. The molecule has 4 atom stereocenters. The average molecular weight is 515 g/mol. The van der Waals surface area contributed by atoms with E-state index >= 15 is 0 Å². The summed E-state index contributed by atoms with van der Waals surface area (Å²) in [5, 5.41) is 14.8. The molecule has 190 valence electrons. The molecule has 0 saturated carbocycles. The van der Waals surface area contributed by atoms with Gasteiger partial charge in [-0.2, -0.15) is 23.5 Å². The number of carboxylic acid groups (broad SMARTS) is 1. The van der Waals surface area contributed by atoms with Gasteiger partial charge in [-0.25, -0.2) is 9.78 Å². The maximum Gasteiger partial charge on any atom is 0.326 e. The molecule has 34 heavy (non-hydrogen) atoms. The van der Waals surface area contributed by atoms with Gasteiger partial charge in [0.05, 0.1) is 12.4 Å². The van der Waals surface area contributed by atoms with Crippen molar-refractivity contribution in [1.29, 1.82) is 0 Å². The van der Waals surface area contributed by atoms with Crippen LogP contribution in [0, 0.1) is 0 Å². The summed E-state index contributed by atoms with van der Waals surface area (Å²) in [5.41, 5.74) is 6.64. The summed E-state index contributed by atoms with van der Waals surface area (Å²) >= 11 is 3.07. The summed E-state index contributed by atoms with van der Waals surface area (Å²) in [7, 11) is 0. The molecular weight excluding hydrogens is 480 g/mol. The minimum Gasteiger partial charge on any atom is -0.480 e. The molecule has 3 amide bonds. The topological polar surface area (TPSA) is 171 Å². The third-order valence-electron chi connectivity index (χ3n) is 5.63. The molecule has 1 aromatic heterocycles. The average Bonchev–Trinajstić information content (AvgIpc) is 3.51. The lowest BCUT2D eigenvalue weighted by Crippen LogP contribution is -2.57. The predicted molar refractivity (Wildman–Crippen MR) is 132 cm³/mol. The van der Waals surface area contributed by atoms with Gasteiger partial charge in [0.15, 0.2) is 0 Å². The van der Waals surface area contributed by atoms with Crippen LogP contribution in [0.1, 0.15) is 31.4 Å². The molecule has 0 spiro atoms. The van der Waals surface area contributed by atoms with Crippen molar-refractivity contribution in [2.45, 2.75) is 56.3 Å². The van der Waals surface area contributed by atoms with E-state index in [0.717, 1.165) is 0 Å². The molecule has 4 unspecified atom stereocenters. The number of thioether (sulfide) groups is 2. The zero-order chi connectivity index (χ0) is 25.1. The molecule has 11 nitrogen and oxygen atoms in total. The molecule has 13 heteroatoms. The number of carbonyl (C=O) groups excluding carboxylic acids is 3. The molecule has 1 aromatic rings. The van der Waals surface area contributed by atoms with E-state index in [9.17, 15) is 24.3 Å². The number of H-pyrrole nitrogens is 1. The second kappa shape index (κ2) is 14.2. The molecule has 1 aliphatic rings. The first-order valence-electron chi connectivity index (χ1n) is 11.1. The van der Waals surface area contributed by atoms with Crippen LogP contribution in [0.2, 0.25) is 0 Å². The highest BCUT2D eigenvalue weighted by Crippen LogP contribution is 2.20. The summed E-state index contributed by atoms with van der Waals surface area (Å²) in [6.45, 7) is 0.341. The van der Waals surface area contributed by atoms with Gasteiger partial charge in [0.25, 0.3) is 0 Å². The lowest BCUT2D eigenvalue weighted by molar-refractivity contribution is -0.145. The number of nitrogens with one attached hydrogen (secondary N) is 3. The number of aromatic nitrogens is 2. The lowest BCUT2D eigenvalue weighted by atomic mass is 10.1. The Bertz CT molecular complexity index is 825. The van der Waals surface area contributed by atoms with Crippen molar-refractivity contribution in [1.82, 2.24) is 25.5 Å². The summed E-state index contributed by atoms with van der Waals surface area (Å²) in [6, 6.07) is -3.51. The third kappa shape index (κ3) is 8.20. The van der Waals surface area contributed by atoms with E-state index in [0.29, 0.717) is 43.0 Å². The fourth-order valence-corrected chi connectivity index (χ4v) is 4.70. The van der Waals surface area contributed by atoms with Crippen molar-refractivity contribution >= 4 is 47.2 Å². The third-order valence-corrected chi connectivity index (χ3v) is 6.91. The first-order valence-corrected chi connectivity index (χ1v) is 13.9. The number of hydrogen-bond donors (Lipinski definition) is 5. The van der Waals surface area contributed by atoms with E-state index in [1.807, 2.05) is 12.5 Å².